The summed E-state index contributed by atoms with van der Waals surface area (Å²) in [5.74, 6) is 0.890. The minimum absolute atomic E-state index is 0.229. The topological polar surface area (TPSA) is 59.0 Å². The molecule has 1 aliphatic carbocycles. The Balaban J connectivity index is 1.32. The van der Waals surface area contributed by atoms with E-state index in [0.29, 0.717) is 13.0 Å². The third-order valence-electron chi connectivity index (χ3n) is 5.61. The first kappa shape index (κ1) is 18.8. The highest BCUT2D eigenvalue weighted by Gasteiger charge is 2.33. The van der Waals surface area contributed by atoms with Crippen molar-refractivity contribution in [3.63, 3.8) is 0 Å². The molecule has 0 radical (unpaired) electrons. The third kappa shape index (κ3) is 4.30. The van der Waals surface area contributed by atoms with Gasteiger partial charge in [-0.25, -0.2) is 4.79 Å². The smallest absolute Gasteiger partial charge is 0.410 e. The van der Waals surface area contributed by atoms with E-state index in [9.17, 15) is 9.90 Å². The fraction of sp³-hybridized carbons (Fsp3) is 0.435. The van der Waals surface area contributed by atoms with Crippen LogP contribution in [0.15, 0.2) is 48.5 Å². The van der Waals surface area contributed by atoms with Gasteiger partial charge in [-0.3, -0.25) is 0 Å². The van der Waals surface area contributed by atoms with Gasteiger partial charge < -0.3 is 19.5 Å². The van der Waals surface area contributed by atoms with Gasteiger partial charge in [-0.2, -0.15) is 0 Å². The molecule has 1 heterocycles. The molecule has 0 bridgehead atoms. The Morgan fingerprint density at radius 2 is 1.89 bits per heavy atom. The molecule has 28 heavy (non-hydrogen) atoms. The molecule has 0 saturated carbocycles. The van der Waals surface area contributed by atoms with Crippen molar-refractivity contribution < 1.29 is 19.4 Å². The zero-order valence-corrected chi connectivity index (χ0v) is 16.0. The van der Waals surface area contributed by atoms with Gasteiger partial charge in [0.2, 0.25) is 0 Å². The maximum Gasteiger partial charge on any atom is 0.410 e. The summed E-state index contributed by atoms with van der Waals surface area (Å²) in [5, 5.41) is 10.6. The molecule has 4 rings (SSSR count). The molecule has 0 spiro atoms. The van der Waals surface area contributed by atoms with Crippen molar-refractivity contribution in [2.75, 3.05) is 13.1 Å². The molecule has 1 N–H and O–H groups in total. The van der Waals surface area contributed by atoms with Crippen LogP contribution in [0.2, 0.25) is 0 Å². The molecule has 5 nitrogen and oxygen atoms in total. The van der Waals surface area contributed by atoms with Crippen LogP contribution < -0.4 is 4.74 Å². The summed E-state index contributed by atoms with van der Waals surface area (Å²) in [6, 6.07) is 15.8. The number of aliphatic hydroxyl groups is 1. The molecule has 2 atom stereocenters. The van der Waals surface area contributed by atoms with E-state index in [-0.39, 0.29) is 19.3 Å². The number of benzene rings is 2. The molecule has 2 aliphatic rings. The van der Waals surface area contributed by atoms with Crippen LogP contribution in [0.5, 0.6) is 5.75 Å². The van der Waals surface area contributed by atoms with Crippen molar-refractivity contribution in [3.8, 4) is 5.75 Å². The van der Waals surface area contributed by atoms with E-state index in [1.807, 2.05) is 42.5 Å². The maximum atomic E-state index is 12.3. The lowest BCUT2D eigenvalue weighted by molar-refractivity contribution is -0.0256. The fourth-order valence-electron chi connectivity index (χ4n) is 4.04. The first-order valence-electron chi connectivity index (χ1n) is 10.1. The van der Waals surface area contributed by atoms with Crippen LogP contribution in [0.1, 0.15) is 36.0 Å². The minimum Gasteiger partial charge on any atom is -0.487 e. The van der Waals surface area contributed by atoms with E-state index in [2.05, 4.69) is 6.07 Å². The van der Waals surface area contributed by atoms with Gasteiger partial charge in [0.1, 0.15) is 24.6 Å². The predicted octanol–water partition coefficient (Wildman–Crippen LogP) is 3.72. The van der Waals surface area contributed by atoms with Crippen LogP contribution in [0.25, 0.3) is 0 Å². The van der Waals surface area contributed by atoms with Gasteiger partial charge in [0.25, 0.3) is 0 Å². The Bertz CT molecular complexity index is 808. The number of ether oxygens (including phenoxy) is 2. The molecule has 1 aliphatic heterocycles. The number of rotatable bonds is 4. The average Bonchev–Trinajstić information content (AvgIpc) is 2.74. The molecule has 5 heteroatoms. The Morgan fingerprint density at radius 3 is 2.71 bits per heavy atom. The molecule has 1 amide bonds. The normalized spacial score (nSPS) is 21.7. The Labute approximate surface area is 165 Å². The van der Waals surface area contributed by atoms with Gasteiger partial charge >= 0.3 is 6.09 Å². The van der Waals surface area contributed by atoms with Crippen molar-refractivity contribution in [2.24, 2.45) is 0 Å². The van der Waals surface area contributed by atoms with Gasteiger partial charge in [-0.05, 0) is 48.4 Å². The summed E-state index contributed by atoms with van der Waals surface area (Å²) < 4.78 is 11.6. The summed E-state index contributed by atoms with van der Waals surface area (Å²) in [5.41, 5.74) is 3.59. The van der Waals surface area contributed by atoms with Gasteiger partial charge in [-0.1, -0.05) is 42.5 Å². The number of fused-ring (bicyclic) bond motifs is 1. The molecule has 2 aromatic rings. The van der Waals surface area contributed by atoms with Crippen LogP contribution in [0.4, 0.5) is 4.79 Å². The van der Waals surface area contributed by atoms with Crippen molar-refractivity contribution in [1.29, 1.82) is 0 Å². The van der Waals surface area contributed by atoms with Crippen LogP contribution in [0.3, 0.4) is 0 Å². The largest absolute Gasteiger partial charge is 0.487 e. The molecule has 0 aromatic heterocycles. The summed E-state index contributed by atoms with van der Waals surface area (Å²) in [7, 11) is 0. The van der Waals surface area contributed by atoms with Crippen molar-refractivity contribution in [2.45, 2.75) is 50.9 Å². The lowest BCUT2D eigenvalue weighted by Gasteiger charge is -2.36. The fourth-order valence-corrected chi connectivity index (χ4v) is 4.04. The van der Waals surface area contributed by atoms with Gasteiger partial charge in [0.15, 0.2) is 0 Å². The highest BCUT2D eigenvalue weighted by Crippen LogP contribution is 2.31. The van der Waals surface area contributed by atoms with Gasteiger partial charge in [0.05, 0.1) is 6.54 Å². The number of carbonyl (C=O) groups is 1. The van der Waals surface area contributed by atoms with E-state index in [1.54, 1.807) is 4.90 Å². The van der Waals surface area contributed by atoms with Crippen molar-refractivity contribution in [3.05, 3.63) is 65.2 Å². The standard InChI is InChI=1S/C23H27NO4/c25-20-15-24(23(26)27-16-17-7-2-1-3-8-17)14-13-22(20)28-21-12-6-10-18-9-4-5-11-19(18)21/h1-3,6-8,10,12,20,22,25H,4-5,9,11,13-16H2/t20-,22-/m1/s1. The average molecular weight is 381 g/mol. The van der Waals surface area contributed by atoms with Crippen LogP contribution >= 0.6 is 0 Å². The van der Waals surface area contributed by atoms with E-state index in [0.717, 1.165) is 24.2 Å². The Morgan fingerprint density at radius 1 is 1.07 bits per heavy atom. The highest BCUT2D eigenvalue weighted by atomic mass is 16.6. The van der Waals surface area contributed by atoms with Gasteiger partial charge in [-0.15, -0.1) is 0 Å². The van der Waals surface area contributed by atoms with Crippen LogP contribution in [-0.4, -0.2) is 41.4 Å². The lowest BCUT2D eigenvalue weighted by Crippen LogP contribution is -2.51. The van der Waals surface area contributed by atoms with Crippen molar-refractivity contribution >= 4 is 6.09 Å². The first-order valence-corrected chi connectivity index (χ1v) is 10.1. The molecular formula is C23H27NO4. The monoisotopic (exact) mass is 381 g/mol. The van der Waals surface area contributed by atoms with Gasteiger partial charge in [0, 0.05) is 13.0 Å². The number of aliphatic hydroxyl groups excluding tert-OH is 1. The molecular weight excluding hydrogens is 354 g/mol. The number of nitrogens with zero attached hydrogens (tertiary/aromatic N) is 1. The molecule has 1 saturated heterocycles. The van der Waals surface area contributed by atoms with E-state index < -0.39 is 12.2 Å². The van der Waals surface area contributed by atoms with E-state index in [4.69, 9.17) is 9.47 Å². The zero-order chi connectivity index (χ0) is 19.3. The summed E-state index contributed by atoms with van der Waals surface area (Å²) >= 11 is 0. The molecule has 148 valence electrons. The second kappa shape index (κ2) is 8.65. The zero-order valence-electron chi connectivity index (χ0n) is 16.0. The quantitative estimate of drug-likeness (QED) is 0.877. The maximum absolute atomic E-state index is 12.3. The Kier molecular flexibility index (Phi) is 5.81. The molecule has 2 aromatic carbocycles. The molecule has 1 fully saturated rings. The number of likely N-dealkylation sites (tertiary alicyclic amines) is 1. The predicted molar refractivity (Wildman–Crippen MR) is 106 cm³/mol. The number of amides is 1. The first-order chi connectivity index (χ1) is 13.7. The molecule has 0 unspecified atom stereocenters. The van der Waals surface area contributed by atoms with Crippen LogP contribution in [-0.2, 0) is 24.2 Å². The second-order valence-electron chi connectivity index (χ2n) is 7.60. The summed E-state index contributed by atoms with van der Waals surface area (Å²) in [6.45, 7) is 0.986. The number of carbonyl (C=O) groups excluding carboxylic acids is 1. The summed E-state index contributed by atoms with van der Waals surface area (Å²) in [4.78, 5) is 13.9. The lowest BCUT2D eigenvalue weighted by atomic mass is 9.91. The SMILES string of the molecule is O=C(OCc1ccccc1)N1CC[C@@H](Oc2cccc3c2CCCC3)[C@H](O)C1. The number of hydrogen-bond donors (Lipinski definition) is 1. The van der Waals surface area contributed by atoms with Crippen molar-refractivity contribution in [1.82, 2.24) is 4.90 Å². The third-order valence-corrected chi connectivity index (χ3v) is 5.61. The number of hydrogen-bond acceptors (Lipinski definition) is 4. The van der Waals surface area contributed by atoms with E-state index in [1.165, 1.54) is 24.0 Å². The second-order valence-corrected chi connectivity index (χ2v) is 7.60. The summed E-state index contributed by atoms with van der Waals surface area (Å²) in [6.07, 6.45) is 3.71. The van der Waals surface area contributed by atoms with E-state index >= 15 is 0 Å². The minimum atomic E-state index is -0.725. The number of aryl methyl sites for hydroxylation is 1. The number of piperidine rings is 1. The van der Waals surface area contributed by atoms with Crippen LogP contribution in [0, 0.1) is 0 Å². The highest BCUT2D eigenvalue weighted by molar-refractivity contribution is 5.67. The number of β-amino-alcohol motifs (C(OH)–C–C–N with tert-alkyl or cyclic N) is 1. The Hall–Kier alpha value is -2.53.